The number of hydrogen-bond donors (Lipinski definition) is 0. The molecule has 9 heteroatoms. The smallest absolute Gasteiger partial charge is 0.337 e. The predicted octanol–water partition coefficient (Wildman–Crippen LogP) is 3.89. The highest BCUT2D eigenvalue weighted by Crippen LogP contribution is 2.37. The van der Waals surface area contributed by atoms with Crippen LogP contribution in [0.5, 0.6) is 5.75 Å². The Bertz CT molecular complexity index is 983. The van der Waals surface area contributed by atoms with Crippen LogP contribution in [0.1, 0.15) is 0 Å². The fourth-order valence-corrected chi connectivity index (χ4v) is 3.75. The first-order valence-corrected chi connectivity index (χ1v) is 10.1. The van der Waals surface area contributed by atoms with Gasteiger partial charge in [-0.2, -0.15) is 0 Å². The Morgan fingerprint density at radius 2 is 1.57 bits per heavy atom. The van der Waals surface area contributed by atoms with Crippen molar-refractivity contribution in [3.05, 3.63) is 39.3 Å². The minimum Gasteiger partial charge on any atom is -0.421 e. The average Bonchev–Trinajstić information content (AvgIpc) is 2.69. The Labute approximate surface area is 178 Å². The number of hydrogen-bond acceptors (Lipinski definition) is 7. The highest BCUT2D eigenvalue weighted by molar-refractivity contribution is 9.11. The Balaban J connectivity index is 1.71. The van der Waals surface area contributed by atoms with Crippen molar-refractivity contribution in [2.24, 2.45) is 0 Å². The molecule has 0 unspecified atom stereocenters. The number of ether oxygens (including phenoxy) is 4. The van der Waals surface area contributed by atoms with E-state index in [4.69, 9.17) is 18.9 Å². The lowest BCUT2D eigenvalue weighted by Crippen LogP contribution is -2.18. The molecule has 0 aliphatic heterocycles. The highest BCUT2D eigenvalue weighted by atomic mass is 79.9. The molecule has 0 bridgehead atoms. The zero-order valence-electron chi connectivity index (χ0n) is 15.1. The third-order valence-electron chi connectivity index (χ3n) is 3.72. The molecule has 1 aromatic heterocycles. The van der Waals surface area contributed by atoms with Gasteiger partial charge in [0, 0.05) is 11.6 Å². The maximum absolute atomic E-state index is 12.2. The molecule has 0 radical (unpaired) electrons. The molecule has 3 rings (SSSR count). The van der Waals surface area contributed by atoms with E-state index in [1.54, 1.807) is 13.2 Å². The number of carbonyl (C=O) groups excluding carboxylic acids is 1. The topological polar surface area (TPSA) is 79.8 Å². The zero-order valence-corrected chi connectivity index (χ0v) is 18.3. The molecule has 0 aliphatic carbocycles. The van der Waals surface area contributed by atoms with Gasteiger partial charge >= 0.3 is 5.97 Å². The number of carbonyl (C=O) groups is 1. The first-order chi connectivity index (χ1) is 13.6. The second kappa shape index (κ2) is 10.2. The van der Waals surface area contributed by atoms with Crippen molar-refractivity contribution in [2.45, 2.75) is 0 Å². The number of rotatable bonds is 9. The summed E-state index contributed by atoms with van der Waals surface area (Å²) in [7, 11) is 1.60. The molecule has 0 saturated heterocycles. The second-order valence-electron chi connectivity index (χ2n) is 5.71. The molecule has 1 heterocycles. The SMILES string of the molecule is COCCOCCOCC(=O)Oc1c(Br)cc(Br)c2nc3ccccc3nc12. The summed E-state index contributed by atoms with van der Waals surface area (Å²) >= 11 is 6.92. The van der Waals surface area contributed by atoms with Crippen LogP contribution < -0.4 is 4.74 Å². The van der Waals surface area contributed by atoms with E-state index in [1.807, 2.05) is 24.3 Å². The van der Waals surface area contributed by atoms with Crippen molar-refractivity contribution in [2.75, 3.05) is 40.1 Å². The molecule has 2 aromatic carbocycles. The first-order valence-electron chi connectivity index (χ1n) is 8.49. The number of fused-ring (bicyclic) bond motifs is 2. The Kier molecular flexibility index (Phi) is 7.69. The minimum absolute atomic E-state index is 0.196. The second-order valence-corrected chi connectivity index (χ2v) is 7.42. The Hall–Kier alpha value is -1.65. The van der Waals surface area contributed by atoms with E-state index in [0.717, 1.165) is 9.99 Å². The molecule has 0 aliphatic rings. The summed E-state index contributed by atoms with van der Waals surface area (Å²) in [6.45, 7) is 1.46. The molecular formula is C19H18Br2N2O5. The maximum Gasteiger partial charge on any atom is 0.337 e. The monoisotopic (exact) mass is 512 g/mol. The standard InChI is InChI=1S/C19H18Br2N2O5/c1-25-6-7-26-8-9-27-11-16(24)28-19-13(21)10-12(20)17-18(19)23-15-5-3-2-4-14(15)22-17/h2-5,10H,6-9,11H2,1H3. The molecule has 0 atom stereocenters. The summed E-state index contributed by atoms with van der Waals surface area (Å²) in [6.07, 6.45) is 0. The van der Waals surface area contributed by atoms with Gasteiger partial charge in [-0.25, -0.2) is 14.8 Å². The van der Waals surface area contributed by atoms with Crippen molar-refractivity contribution >= 4 is 59.9 Å². The van der Waals surface area contributed by atoms with Gasteiger partial charge in [-0.1, -0.05) is 12.1 Å². The third-order valence-corrected chi connectivity index (χ3v) is 4.92. The molecule has 3 aromatic rings. The summed E-state index contributed by atoms with van der Waals surface area (Å²) < 4.78 is 22.3. The van der Waals surface area contributed by atoms with E-state index in [0.29, 0.717) is 46.6 Å². The van der Waals surface area contributed by atoms with Crippen LogP contribution in [-0.4, -0.2) is 56.1 Å². The number of aromatic nitrogens is 2. The maximum atomic E-state index is 12.2. The lowest BCUT2D eigenvalue weighted by molar-refractivity contribution is -0.140. The third kappa shape index (κ3) is 5.24. The molecular weight excluding hydrogens is 496 g/mol. The van der Waals surface area contributed by atoms with Crippen LogP contribution >= 0.6 is 31.9 Å². The molecule has 0 fully saturated rings. The molecule has 148 valence electrons. The van der Waals surface area contributed by atoms with Gasteiger partial charge in [-0.05, 0) is 50.1 Å². The number of benzene rings is 2. The Morgan fingerprint density at radius 1 is 0.929 bits per heavy atom. The van der Waals surface area contributed by atoms with E-state index < -0.39 is 5.97 Å². The predicted molar refractivity (Wildman–Crippen MR) is 112 cm³/mol. The van der Waals surface area contributed by atoms with Gasteiger partial charge in [0.25, 0.3) is 0 Å². The van der Waals surface area contributed by atoms with Crippen LogP contribution in [0.2, 0.25) is 0 Å². The molecule has 0 spiro atoms. The summed E-state index contributed by atoms with van der Waals surface area (Å²) in [6, 6.07) is 9.29. The van der Waals surface area contributed by atoms with Crippen molar-refractivity contribution < 1.29 is 23.7 Å². The van der Waals surface area contributed by atoms with Gasteiger partial charge < -0.3 is 18.9 Å². The van der Waals surface area contributed by atoms with E-state index in [9.17, 15) is 4.79 Å². The number of esters is 1. The van der Waals surface area contributed by atoms with Crippen molar-refractivity contribution in [1.82, 2.24) is 9.97 Å². The fourth-order valence-electron chi connectivity index (χ4n) is 2.44. The zero-order chi connectivity index (χ0) is 19.9. The largest absolute Gasteiger partial charge is 0.421 e. The summed E-state index contributed by atoms with van der Waals surface area (Å²) in [5, 5.41) is 0. The highest BCUT2D eigenvalue weighted by Gasteiger charge is 2.18. The quantitative estimate of drug-likeness (QED) is 0.186. The van der Waals surface area contributed by atoms with E-state index in [2.05, 4.69) is 41.8 Å². The number of para-hydroxylation sites is 2. The van der Waals surface area contributed by atoms with Crippen LogP contribution in [0.3, 0.4) is 0 Å². The van der Waals surface area contributed by atoms with Crippen molar-refractivity contribution in [1.29, 1.82) is 0 Å². The normalized spacial score (nSPS) is 11.2. The van der Waals surface area contributed by atoms with Gasteiger partial charge in [0.05, 0.1) is 41.9 Å². The lowest BCUT2D eigenvalue weighted by Gasteiger charge is -2.11. The molecule has 0 N–H and O–H groups in total. The van der Waals surface area contributed by atoms with E-state index in [-0.39, 0.29) is 13.2 Å². The molecule has 0 saturated carbocycles. The van der Waals surface area contributed by atoms with Gasteiger partial charge in [0.15, 0.2) is 5.75 Å². The first kappa shape index (κ1) is 21.1. The van der Waals surface area contributed by atoms with E-state index >= 15 is 0 Å². The molecule has 28 heavy (non-hydrogen) atoms. The van der Waals surface area contributed by atoms with E-state index in [1.165, 1.54) is 0 Å². The van der Waals surface area contributed by atoms with Gasteiger partial charge in [-0.3, -0.25) is 0 Å². The molecule has 7 nitrogen and oxygen atoms in total. The number of nitrogens with zero attached hydrogens (tertiary/aromatic N) is 2. The number of methoxy groups -OCH3 is 1. The summed E-state index contributed by atoms with van der Waals surface area (Å²) in [4.78, 5) is 21.4. The summed E-state index contributed by atoms with van der Waals surface area (Å²) in [5.74, 6) is -0.224. The lowest BCUT2D eigenvalue weighted by atomic mass is 10.2. The number of halogens is 2. The fraction of sp³-hybridized carbons (Fsp3) is 0.316. The summed E-state index contributed by atoms with van der Waals surface area (Å²) in [5.41, 5.74) is 2.56. The minimum atomic E-state index is -0.531. The van der Waals surface area contributed by atoms with Crippen LogP contribution in [0, 0.1) is 0 Å². The van der Waals surface area contributed by atoms with Crippen LogP contribution in [0.15, 0.2) is 39.3 Å². The van der Waals surface area contributed by atoms with Crippen LogP contribution in [0.4, 0.5) is 0 Å². The van der Waals surface area contributed by atoms with Crippen molar-refractivity contribution in [3.63, 3.8) is 0 Å². The van der Waals surface area contributed by atoms with Gasteiger partial charge in [0.2, 0.25) is 0 Å². The van der Waals surface area contributed by atoms with Gasteiger partial charge in [-0.15, -0.1) is 0 Å². The van der Waals surface area contributed by atoms with Gasteiger partial charge in [0.1, 0.15) is 17.6 Å². The average molecular weight is 514 g/mol. The van der Waals surface area contributed by atoms with Crippen molar-refractivity contribution in [3.8, 4) is 5.75 Å². The van der Waals surface area contributed by atoms with Crippen LogP contribution in [-0.2, 0) is 19.0 Å². The molecule has 0 amide bonds. The Morgan fingerprint density at radius 3 is 2.29 bits per heavy atom. The van der Waals surface area contributed by atoms with Crippen LogP contribution in [0.25, 0.3) is 22.1 Å².